The lowest BCUT2D eigenvalue weighted by Crippen LogP contribution is -2.45. The zero-order chi connectivity index (χ0) is 18.7. The van der Waals surface area contributed by atoms with Gasteiger partial charge in [0.25, 0.3) is 0 Å². The van der Waals surface area contributed by atoms with E-state index in [1.54, 1.807) is 12.1 Å². The molecule has 0 spiro atoms. The van der Waals surface area contributed by atoms with Crippen LogP contribution in [0.25, 0.3) is 0 Å². The summed E-state index contributed by atoms with van der Waals surface area (Å²) in [5.74, 6) is -0.214. The highest BCUT2D eigenvalue weighted by Crippen LogP contribution is 2.36. The van der Waals surface area contributed by atoms with Crippen molar-refractivity contribution in [3.8, 4) is 5.75 Å². The molecule has 0 unspecified atom stereocenters. The quantitative estimate of drug-likeness (QED) is 0.495. The highest BCUT2D eigenvalue weighted by atomic mass is 79.9. The van der Waals surface area contributed by atoms with Gasteiger partial charge in [0.15, 0.2) is 0 Å². The summed E-state index contributed by atoms with van der Waals surface area (Å²) in [6.07, 6.45) is -4.69. The molecule has 1 heterocycles. The van der Waals surface area contributed by atoms with Gasteiger partial charge >= 0.3 is 6.36 Å². The maximum Gasteiger partial charge on any atom is 0.573 e. The third-order valence-electron chi connectivity index (χ3n) is 4.20. The summed E-state index contributed by atoms with van der Waals surface area (Å²) < 4.78 is 43.1. The molecule has 2 aromatic carbocycles. The maximum absolute atomic E-state index is 12.4. The van der Waals surface area contributed by atoms with Crippen LogP contribution in [0.15, 0.2) is 51.4 Å². The van der Waals surface area contributed by atoms with Gasteiger partial charge in [0.1, 0.15) is 5.75 Å². The largest absolute Gasteiger partial charge is 0.573 e. The predicted molar refractivity (Wildman–Crippen MR) is 116 cm³/mol. The molecular formula is C18H19Br2Cl2F3N2O. The Kier molecular flexibility index (Phi) is 10.1. The van der Waals surface area contributed by atoms with Gasteiger partial charge in [-0.25, -0.2) is 0 Å². The molecule has 0 saturated carbocycles. The SMILES string of the molecule is Cl.Cl.FC(F)(F)Oc1ccc([C@@H](c2cc(Br)ccc2Br)N2CCNCC2)cc1. The number of benzene rings is 2. The standard InChI is InChI=1S/C18H17Br2F3N2O.2ClH/c19-13-3-6-16(20)15(11-13)17(25-9-7-24-8-10-25)12-1-4-14(5-2-12)26-18(21,22)23;;/h1-6,11,17,24H,7-10H2;2*1H/t17-;;/m0../s1. The minimum absolute atomic E-state index is 0. The molecule has 156 valence electrons. The minimum Gasteiger partial charge on any atom is -0.406 e. The number of hydrogen-bond donors (Lipinski definition) is 1. The van der Waals surface area contributed by atoms with Crippen LogP contribution in [0.1, 0.15) is 17.2 Å². The van der Waals surface area contributed by atoms with Crippen molar-refractivity contribution in [3.05, 3.63) is 62.5 Å². The van der Waals surface area contributed by atoms with E-state index in [0.717, 1.165) is 46.3 Å². The number of nitrogens with zero attached hydrogens (tertiary/aromatic N) is 1. The lowest BCUT2D eigenvalue weighted by Gasteiger charge is -2.36. The Bertz CT molecular complexity index is 757. The number of piperazine rings is 1. The summed E-state index contributed by atoms with van der Waals surface area (Å²) in [7, 11) is 0. The van der Waals surface area contributed by atoms with Gasteiger partial charge in [-0.15, -0.1) is 38.0 Å². The van der Waals surface area contributed by atoms with E-state index in [4.69, 9.17) is 0 Å². The topological polar surface area (TPSA) is 24.5 Å². The van der Waals surface area contributed by atoms with E-state index in [1.165, 1.54) is 12.1 Å². The van der Waals surface area contributed by atoms with E-state index in [9.17, 15) is 13.2 Å². The molecule has 1 N–H and O–H groups in total. The fraction of sp³-hybridized carbons (Fsp3) is 0.333. The van der Waals surface area contributed by atoms with Crippen LogP contribution in [0, 0.1) is 0 Å². The molecule has 1 saturated heterocycles. The van der Waals surface area contributed by atoms with Crippen molar-refractivity contribution in [2.75, 3.05) is 26.2 Å². The Morgan fingerprint density at radius 2 is 1.57 bits per heavy atom. The molecule has 3 nitrogen and oxygen atoms in total. The number of hydrogen-bond acceptors (Lipinski definition) is 3. The van der Waals surface area contributed by atoms with Crippen molar-refractivity contribution in [1.82, 2.24) is 10.2 Å². The molecule has 1 aliphatic rings. The predicted octanol–water partition coefficient (Wildman–Crippen LogP) is 5.95. The van der Waals surface area contributed by atoms with Crippen LogP contribution in [0.4, 0.5) is 13.2 Å². The Hall–Kier alpha value is -0.510. The summed E-state index contributed by atoms with van der Waals surface area (Å²) in [5, 5.41) is 3.33. The van der Waals surface area contributed by atoms with Crippen LogP contribution >= 0.6 is 56.7 Å². The van der Waals surface area contributed by atoms with Gasteiger partial charge in [-0.05, 0) is 41.5 Å². The van der Waals surface area contributed by atoms with Gasteiger partial charge in [-0.2, -0.15) is 0 Å². The first-order chi connectivity index (χ1) is 12.3. The molecule has 0 aliphatic carbocycles. The Morgan fingerprint density at radius 3 is 2.14 bits per heavy atom. The number of rotatable bonds is 4. The first-order valence-corrected chi connectivity index (χ1v) is 9.67. The molecule has 0 radical (unpaired) electrons. The number of halogens is 7. The number of nitrogens with one attached hydrogen (secondary N) is 1. The van der Waals surface area contributed by atoms with Crippen molar-refractivity contribution in [2.24, 2.45) is 0 Å². The highest BCUT2D eigenvalue weighted by Gasteiger charge is 2.31. The third kappa shape index (κ3) is 6.78. The Labute approximate surface area is 191 Å². The Morgan fingerprint density at radius 1 is 0.964 bits per heavy atom. The molecule has 1 atom stereocenters. The summed E-state index contributed by atoms with van der Waals surface area (Å²) in [6, 6.07) is 12.0. The maximum atomic E-state index is 12.4. The highest BCUT2D eigenvalue weighted by molar-refractivity contribution is 9.11. The molecule has 0 amide bonds. The van der Waals surface area contributed by atoms with Crippen molar-refractivity contribution in [2.45, 2.75) is 12.4 Å². The van der Waals surface area contributed by atoms with Crippen molar-refractivity contribution in [1.29, 1.82) is 0 Å². The van der Waals surface area contributed by atoms with E-state index in [-0.39, 0.29) is 36.6 Å². The molecule has 1 aliphatic heterocycles. The van der Waals surface area contributed by atoms with E-state index < -0.39 is 6.36 Å². The molecule has 28 heavy (non-hydrogen) atoms. The van der Waals surface area contributed by atoms with Crippen LogP contribution in [-0.2, 0) is 0 Å². The molecular weight excluding hydrogens is 548 g/mol. The molecule has 2 aromatic rings. The lowest BCUT2D eigenvalue weighted by molar-refractivity contribution is -0.274. The summed E-state index contributed by atoms with van der Waals surface area (Å²) in [5.41, 5.74) is 1.98. The normalized spacial score (nSPS) is 15.9. The summed E-state index contributed by atoms with van der Waals surface area (Å²) >= 11 is 7.12. The first kappa shape index (κ1) is 25.5. The molecule has 3 rings (SSSR count). The van der Waals surface area contributed by atoms with Crippen LogP contribution in [0.3, 0.4) is 0 Å². The van der Waals surface area contributed by atoms with E-state index in [0.29, 0.717) is 0 Å². The monoisotopic (exact) mass is 564 g/mol. The van der Waals surface area contributed by atoms with E-state index in [2.05, 4.69) is 46.8 Å². The zero-order valence-corrected chi connectivity index (χ0v) is 19.3. The number of alkyl halides is 3. The van der Waals surface area contributed by atoms with E-state index >= 15 is 0 Å². The Balaban J connectivity index is 0.00000196. The minimum atomic E-state index is -4.69. The van der Waals surface area contributed by atoms with E-state index in [1.807, 2.05) is 18.2 Å². The van der Waals surface area contributed by atoms with Gasteiger partial charge in [-0.1, -0.05) is 44.0 Å². The third-order valence-corrected chi connectivity index (χ3v) is 5.41. The molecule has 0 bridgehead atoms. The molecule has 10 heteroatoms. The average molecular weight is 567 g/mol. The van der Waals surface area contributed by atoms with Crippen molar-refractivity contribution < 1.29 is 17.9 Å². The fourth-order valence-electron chi connectivity index (χ4n) is 3.10. The van der Waals surface area contributed by atoms with Crippen LogP contribution in [0.2, 0.25) is 0 Å². The smallest absolute Gasteiger partial charge is 0.406 e. The average Bonchev–Trinajstić information content (AvgIpc) is 2.59. The van der Waals surface area contributed by atoms with Gasteiger partial charge in [0, 0.05) is 35.1 Å². The lowest BCUT2D eigenvalue weighted by atomic mass is 9.96. The second-order valence-corrected chi connectivity index (χ2v) is 7.74. The van der Waals surface area contributed by atoms with Gasteiger partial charge in [-0.3, -0.25) is 4.90 Å². The molecule has 0 aromatic heterocycles. The van der Waals surface area contributed by atoms with Crippen LogP contribution in [0.5, 0.6) is 5.75 Å². The summed E-state index contributed by atoms with van der Waals surface area (Å²) in [4.78, 5) is 2.32. The fourth-order valence-corrected chi connectivity index (χ4v) is 3.95. The van der Waals surface area contributed by atoms with Crippen LogP contribution < -0.4 is 10.1 Å². The van der Waals surface area contributed by atoms with Gasteiger partial charge < -0.3 is 10.1 Å². The van der Waals surface area contributed by atoms with Crippen molar-refractivity contribution in [3.63, 3.8) is 0 Å². The van der Waals surface area contributed by atoms with Crippen molar-refractivity contribution >= 4 is 56.7 Å². The zero-order valence-electron chi connectivity index (χ0n) is 14.5. The van der Waals surface area contributed by atoms with Gasteiger partial charge in [0.05, 0.1) is 6.04 Å². The van der Waals surface area contributed by atoms with Gasteiger partial charge in [0.2, 0.25) is 0 Å². The number of ether oxygens (including phenoxy) is 1. The second kappa shape index (κ2) is 11.0. The first-order valence-electron chi connectivity index (χ1n) is 8.09. The second-order valence-electron chi connectivity index (χ2n) is 5.97. The van der Waals surface area contributed by atoms with Crippen LogP contribution in [-0.4, -0.2) is 37.4 Å². The summed E-state index contributed by atoms with van der Waals surface area (Å²) in [6.45, 7) is 3.45. The molecule has 1 fully saturated rings.